The van der Waals surface area contributed by atoms with E-state index >= 15 is 0 Å². The van der Waals surface area contributed by atoms with E-state index in [-0.39, 0.29) is 0 Å². The van der Waals surface area contributed by atoms with E-state index in [4.69, 9.17) is 15.5 Å². The number of nitrogen functional groups attached to an aromatic ring is 1. The van der Waals surface area contributed by atoms with E-state index in [1.165, 1.54) is 37.1 Å². The van der Waals surface area contributed by atoms with Gasteiger partial charge in [0.25, 0.3) is 0 Å². The summed E-state index contributed by atoms with van der Waals surface area (Å²) in [6.07, 6.45) is 6.63. The second-order valence-electron chi connectivity index (χ2n) is 4.99. The highest BCUT2D eigenvalue weighted by Crippen LogP contribution is 2.38. The van der Waals surface area contributed by atoms with E-state index in [1.54, 1.807) is 18.4 Å². The summed E-state index contributed by atoms with van der Waals surface area (Å²) in [6, 6.07) is 0. The Balaban J connectivity index is 2.11. The lowest BCUT2D eigenvalue weighted by atomic mass is 9.90. The SMILES string of the molecule is COCC(C)c1nc(C2CCCCC2)sc1N. The molecule has 17 heavy (non-hydrogen) atoms. The second kappa shape index (κ2) is 5.83. The van der Waals surface area contributed by atoms with Crippen LogP contribution in [0.15, 0.2) is 0 Å². The van der Waals surface area contributed by atoms with Crippen LogP contribution in [-0.4, -0.2) is 18.7 Å². The first-order chi connectivity index (χ1) is 8.22. The monoisotopic (exact) mass is 254 g/mol. The summed E-state index contributed by atoms with van der Waals surface area (Å²) in [5, 5.41) is 2.13. The Morgan fingerprint density at radius 1 is 1.41 bits per heavy atom. The lowest BCUT2D eigenvalue weighted by Crippen LogP contribution is -2.07. The third kappa shape index (κ3) is 2.99. The maximum Gasteiger partial charge on any atom is 0.110 e. The Hall–Kier alpha value is -0.610. The minimum Gasteiger partial charge on any atom is -0.389 e. The third-order valence-electron chi connectivity index (χ3n) is 3.54. The number of thiazole rings is 1. The highest BCUT2D eigenvalue weighted by Gasteiger charge is 2.22. The molecule has 1 atom stereocenters. The summed E-state index contributed by atoms with van der Waals surface area (Å²) >= 11 is 1.69. The summed E-state index contributed by atoms with van der Waals surface area (Å²) < 4.78 is 5.18. The van der Waals surface area contributed by atoms with Crippen LogP contribution in [0.2, 0.25) is 0 Å². The summed E-state index contributed by atoms with van der Waals surface area (Å²) in [6.45, 7) is 2.82. The Morgan fingerprint density at radius 2 is 2.12 bits per heavy atom. The van der Waals surface area contributed by atoms with Crippen molar-refractivity contribution in [1.29, 1.82) is 0 Å². The Labute approximate surface area is 107 Å². The van der Waals surface area contributed by atoms with E-state index in [2.05, 4.69) is 6.92 Å². The van der Waals surface area contributed by atoms with Gasteiger partial charge in [-0.25, -0.2) is 4.98 Å². The number of ether oxygens (including phenoxy) is 1. The second-order valence-corrected chi connectivity index (χ2v) is 6.06. The molecule has 0 bridgehead atoms. The first kappa shape index (κ1) is 12.8. The van der Waals surface area contributed by atoms with Gasteiger partial charge < -0.3 is 10.5 Å². The van der Waals surface area contributed by atoms with E-state index in [1.807, 2.05) is 0 Å². The first-order valence-corrected chi connectivity index (χ1v) is 7.29. The fourth-order valence-electron chi connectivity index (χ4n) is 2.57. The van der Waals surface area contributed by atoms with Crippen LogP contribution in [0.4, 0.5) is 5.00 Å². The van der Waals surface area contributed by atoms with Crippen molar-refractivity contribution in [2.24, 2.45) is 0 Å². The standard InChI is InChI=1S/C13H22N2OS/c1-9(8-16-2)11-12(14)17-13(15-11)10-6-4-3-5-7-10/h9-10H,3-8,14H2,1-2H3. The van der Waals surface area contributed by atoms with Crippen molar-refractivity contribution in [3.63, 3.8) is 0 Å². The largest absolute Gasteiger partial charge is 0.389 e. The van der Waals surface area contributed by atoms with Gasteiger partial charge in [0, 0.05) is 18.9 Å². The lowest BCUT2D eigenvalue weighted by Gasteiger charge is -2.19. The summed E-state index contributed by atoms with van der Waals surface area (Å²) in [4.78, 5) is 4.77. The molecule has 2 rings (SSSR count). The van der Waals surface area contributed by atoms with Crippen molar-refractivity contribution in [2.45, 2.75) is 50.9 Å². The first-order valence-electron chi connectivity index (χ1n) is 6.47. The predicted octanol–water partition coefficient (Wildman–Crippen LogP) is 3.52. The van der Waals surface area contributed by atoms with Crippen LogP contribution in [0.5, 0.6) is 0 Å². The van der Waals surface area contributed by atoms with Gasteiger partial charge in [-0.2, -0.15) is 0 Å². The molecule has 1 fully saturated rings. The number of rotatable bonds is 4. The number of anilines is 1. The maximum absolute atomic E-state index is 6.08. The molecule has 0 radical (unpaired) electrons. The molecule has 1 aromatic rings. The fourth-order valence-corrected chi connectivity index (χ4v) is 3.69. The number of hydrogen-bond acceptors (Lipinski definition) is 4. The molecule has 0 spiro atoms. The van der Waals surface area contributed by atoms with Gasteiger partial charge in [0.05, 0.1) is 17.3 Å². The highest BCUT2D eigenvalue weighted by molar-refractivity contribution is 7.15. The zero-order valence-corrected chi connectivity index (χ0v) is 11.6. The van der Waals surface area contributed by atoms with Crippen LogP contribution >= 0.6 is 11.3 Å². The number of nitrogens with two attached hydrogens (primary N) is 1. The summed E-state index contributed by atoms with van der Waals surface area (Å²) in [5.74, 6) is 0.952. The maximum atomic E-state index is 6.08. The summed E-state index contributed by atoms with van der Waals surface area (Å²) in [7, 11) is 1.72. The predicted molar refractivity (Wildman–Crippen MR) is 72.6 cm³/mol. The van der Waals surface area contributed by atoms with Crippen molar-refractivity contribution in [2.75, 3.05) is 19.5 Å². The van der Waals surface area contributed by atoms with Crippen LogP contribution in [0.1, 0.15) is 61.6 Å². The highest BCUT2D eigenvalue weighted by atomic mass is 32.1. The average molecular weight is 254 g/mol. The molecule has 1 aromatic heterocycles. The van der Waals surface area contributed by atoms with Crippen molar-refractivity contribution in [3.8, 4) is 0 Å². The smallest absolute Gasteiger partial charge is 0.110 e. The molecule has 96 valence electrons. The van der Waals surface area contributed by atoms with Gasteiger partial charge in [-0.15, -0.1) is 11.3 Å². The minimum absolute atomic E-state index is 0.300. The average Bonchev–Trinajstić information content (AvgIpc) is 2.73. The fraction of sp³-hybridized carbons (Fsp3) is 0.769. The van der Waals surface area contributed by atoms with Crippen molar-refractivity contribution < 1.29 is 4.74 Å². The molecule has 1 saturated carbocycles. The zero-order chi connectivity index (χ0) is 12.3. The number of hydrogen-bond donors (Lipinski definition) is 1. The number of nitrogens with zero attached hydrogens (tertiary/aromatic N) is 1. The Kier molecular flexibility index (Phi) is 4.40. The molecule has 2 N–H and O–H groups in total. The van der Waals surface area contributed by atoms with Gasteiger partial charge in [-0.05, 0) is 12.8 Å². The van der Waals surface area contributed by atoms with Gasteiger partial charge >= 0.3 is 0 Å². The van der Waals surface area contributed by atoms with Crippen molar-refractivity contribution in [1.82, 2.24) is 4.98 Å². The van der Waals surface area contributed by atoms with E-state index < -0.39 is 0 Å². The zero-order valence-electron chi connectivity index (χ0n) is 10.7. The minimum atomic E-state index is 0.300. The van der Waals surface area contributed by atoms with Crippen LogP contribution in [-0.2, 0) is 4.74 Å². The van der Waals surface area contributed by atoms with Crippen LogP contribution in [0.25, 0.3) is 0 Å². The van der Waals surface area contributed by atoms with Crippen molar-refractivity contribution in [3.05, 3.63) is 10.7 Å². The molecular weight excluding hydrogens is 232 g/mol. The Morgan fingerprint density at radius 3 is 2.76 bits per heavy atom. The van der Waals surface area contributed by atoms with E-state index in [0.29, 0.717) is 18.4 Å². The summed E-state index contributed by atoms with van der Waals surface area (Å²) in [5.41, 5.74) is 7.12. The lowest BCUT2D eigenvalue weighted by molar-refractivity contribution is 0.183. The van der Waals surface area contributed by atoms with E-state index in [0.717, 1.165) is 10.7 Å². The van der Waals surface area contributed by atoms with Gasteiger partial charge in [-0.1, -0.05) is 26.2 Å². The van der Waals surface area contributed by atoms with Gasteiger partial charge in [0.15, 0.2) is 0 Å². The molecule has 4 heteroatoms. The molecule has 0 amide bonds. The molecule has 3 nitrogen and oxygen atoms in total. The van der Waals surface area contributed by atoms with Gasteiger partial charge in [-0.3, -0.25) is 0 Å². The molecule has 1 unspecified atom stereocenters. The van der Waals surface area contributed by atoms with Crippen LogP contribution in [0, 0.1) is 0 Å². The molecule has 0 aromatic carbocycles. The third-order valence-corrected chi connectivity index (χ3v) is 4.60. The van der Waals surface area contributed by atoms with Gasteiger partial charge in [0.1, 0.15) is 5.00 Å². The Bertz CT molecular complexity index is 358. The van der Waals surface area contributed by atoms with E-state index in [9.17, 15) is 0 Å². The molecule has 1 aliphatic rings. The quantitative estimate of drug-likeness (QED) is 0.894. The van der Waals surface area contributed by atoms with Crippen molar-refractivity contribution >= 4 is 16.3 Å². The molecule has 1 aliphatic carbocycles. The molecule has 0 aliphatic heterocycles. The molecule has 0 saturated heterocycles. The number of methoxy groups -OCH3 is 1. The topological polar surface area (TPSA) is 48.1 Å². The molecular formula is C13H22N2OS. The normalized spacial score (nSPS) is 19.4. The van der Waals surface area contributed by atoms with Crippen LogP contribution < -0.4 is 5.73 Å². The van der Waals surface area contributed by atoms with Crippen LogP contribution in [0.3, 0.4) is 0 Å². The van der Waals surface area contributed by atoms with Gasteiger partial charge in [0.2, 0.25) is 0 Å². The molecule has 1 heterocycles. The number of aromatic nitrogens is 1.